The molecule has 0 amide bonds. The number of hydrogen-bond donors (Lipinski definition) is 1. The van der Waals surface area contributed by atoms with Crippen molar-refractivity contribution >= 4 is 32.9 Å². The van der Waals surface area contributed by atoms with E-state index in [1.165, 1.54) is 30.8 Å². The summed E-state index contributed by atoms with van der Waals surface area (Å²) in [6, 6.07) is 2.86. The van der Waals surface area contributed by atoms with Crippen LogP contribution in [0, 0.1) is 0 Å². The molecule has 3 rings (SSSR count). The number of aromatic nitrogens is 2. The number of carbonyl (C=O) groups excluding carboxylic acids is 1. The standard InChI is InChI=1S/C16H16ClN3O5S/c1-8(21)12-15(18-20(2)16(12)22)9-4-5-11(26(3,23)24)13(14(9)17)10-6-7-25-19-10/h4-5,18H,6-7H2,1-3H3. The van der Waals surface area contributed by atoms with Crippen molar-refractivity contribution in [2.75, 3.05) is 12.9 Å². The summed E-state index contributed by atoms with van der Waals surface area (Å²) in [5.41, 5.74) is 0.668. The third-order valence-corrected chi connectivity index (χ3v) is 5.60. The van der Waals surface area contributed by atoms with E-state index in [1.54, 1.807) is 0 Å². The van der Waals surface area contributed by atoms with Crippen LogP contribution in [-0.4, -0.2) is 42.6 Å². The zero-order chi connectivity index (χ0) is 19.2. The molecule has 2 aromatic rings. The number of benzene rings is 1. The highest BCUT2D eigenvalue weighted by Crippen LogP contribution is 2.36. The van der Waals surface area contributed by atoms with Crippen LogP contribution in [0.5, 0.6) is 0 Å². The average Bonchev–Trinajstić information content (AvgIpc) is 3.15. The van der Waals surface area contributed by atoms with E-state index in [9.17, 15) is 18.0 Å². The first kappa shape index (κ1) is 18.4. The van der Waals surface area contributed by atoms with E-state index < -0.39 is 21.2 Å². The number of Topliss-reactive ketones (excluding diaryl/α,β-unsaturated/α-hetero) is 1. The maximum Gasteiger partial charge on any atom is 0.277 e. The van der Waals surface area contributed by atoms with Gasteiger partial charge in [0.1, 0.15) is 12.2 Å². The Balaban J connectivity index is 2.36. The van der Waals surface area contributed by atoms with Crippen molar-refractivity contribution in [1.82, 2.24) is 9.78 Å². The smallest absolute Gasteiger partial charge is 0.277 e. The molecule has 1 N–H and O–H groups in total. The fourth-order valence-electron chi connectivity index (χ4n) is 2.88. The molecular formula is C16H16ClN3O5S. The van der Waals surface area contributed by atoms with Crippen LogP contribution < -0.4 is 5.56 Å². The molecule has 138 valence electrons. The number of hydrogen-bond acceptors (Lipinski definition) is 6. The van der Waals surface area contributed by atoms with Gasteiger partial charge in [-0.15, -0.1) is 0 Å². The van der Waals surface area contributed by atoms with Gasteiger partial charge in [-0.2, -0.15) is 0 Å². The first-order valence-corrected chi connectivity index (χ1v) is 9.92. The van der Waals surface area contributed by atoms with Crippen molar-refractivity contribution in [2.45, 2.75) is 18.2 Å². The molecule has 1 aliphatic heterocycles. The summed E-state index contributed by atoms with van der Waals surface area (Å²) in [6.07, 6.45) is 1.47. The number of carbonyl (C=O) groups is 1. The maximum absolute atomic E-state index is 12.2. The molecule has 0 spiro atoms. The van der Waals surface area contributed by atoms with Gasteiger partial charge in [-0.25, -0.2) is 8.42 Å². The molecule has 2 heterocycles. The molecule has 26 heavy (non-hydrogen) atoms. The Labute approximate surface area is 154 Å². The second-order valence-electron chi connectivity index (χ2n) is 5.98. The molecule has 0 atom stereocenters. The summed E-state index contributed by atoms with van der Waals surface area (Å²) in [5, 5.41) is 6.77. The van der Waals surface area contributed by atoms with Crippen molar-refractivity contribution in [2.24, 2.45) is 12.2 Å². The van der Waals surface area contributed by atoms with E-state index in [1.807, 2.05) is 0 Å². The maximum atomic E-state index is 12.2. The van der Waals surface area contributed by atoms with Crippen LogP contribution in [0.4, 0.5) is 0 Å². The third-order valence-electron chi connectivity index (χ3n) is 4.07. The fourth-order valence-corrected chi connectivity index (χ4v) is 4.21. The van der Waals surface area contributed by atoms with Crippen molar-refractivity contribution in [1.29, 1.82) is 0 Å². The Hall–Kier alpha value is -2.39. The van der Waals surface area contributed by atoms with E-state index >= 15 is 0 Å². The van der Waals surface area contributed by atoms with Gasteiger partial charge in [-0.1, -0.05) is 16.8 Å². The first-order chi connectivity index (χ1) is 12.1. The predicted molar refractivity (Wildman–Crippen MR) is 96.7 cm³/mol. The number of sulfone groups is 1. The lowest BCUT2D eigenvalue weighted by Gasteiger charge is -2.13. The Kier molecular flexibility index (Phi) is 4.53. The van der Waals surface area contributed by atoms with Crippen LogP contribution in [0.15, 0.2) is 27.0 Å². The monoisotopic (exact) mass is 397 g/mol. The molecule has 0 radical (unpaired) electrons. The minimum atomic E-state index is -3.59. The molecule has 1 aromatic carbocycles. The fraction of sp³-hybridized carbons (Fsp3) is 0.312. The summed E-state index contributed by atoms with van der Waals surface area (Å²) < 4.78 is 25.5. The molecule has 1 aromatic heterocycles. The quantitative estimate of drug-likeness (QED) is 0.790. The highest BCUT2D eigenvalue weighted by atomic mass is 35.5. The van der Waals surface area contributed by atoms with Crippen molar-refractivity contribution in [3.63, 3.8) is 0 Å². The van der Waals surface area contributed by atoms with Crippen LogP contribution in [0.25, 0.3) is 11.3 Å². The number of H-pyrrole nitrogens is 1. The Bertz CT molecular complexity index is 1110. The van der Waals surface area contributed by atoms with Gasteiger partial charge in [0.05, 0.1) is 21.3 Å². The van der Waals surface area contributed by atoms with Gasteiger partial charge in [-0.3, -0.25) is 19.4 Å². The van der Waals surface area contributed by atoms with Crippen LogP contribution >= 0.6 is 11.6 Å². The molecular weight excluding hydrogens is 382 g/mol. The summed E-state index contributed by atoms with van der Waals surface area (Å²) in [4.78, 5) is 29.1. The largest absolute Gasteiger partial charge is 0.395 e. The van der Waals surface area contributed by atoms with Crippen molar-refractivity contribution < 1.29 is 18.0 Å². The Morgan fingerprint density at radius 2 is 2.08 bits per heavy atom. The number of ketones is 1. The summed E-state index contributed by atoms with van der Waals surface area (Å²) in [7, 11) is -2.11. The van der Waals surface area contributed by atoms with Crippen LogP contribution in [-0.2, 0) is 21.7 Å². The highest BCUT2D eigenvalue weighted by Gasteiger charge is 2.28. The predicted octanol–water partition coefficient (Wildman–Crippen LogP) is 1.76. The lowest BCUT2D eigenvalue weighted by molar-refractivity contribution is 0.101. The van der Waals surface area contributed by atoms with E-state index in [2.05, 4.69) is 10.3 Å². The van der Waals surface area contributed by atoms with Crippen LogP contribution in [0.2, 0.25) is 5.02 Å². The molecule has 8 nitrogen and oxygen atoms in total. The zero-order valence-corrected chi connectivity index (χ0v) is 15.9. The Morgan fingerprint density at radius 3 is 2.62 bits per heavy atom. The van der Waals surface area contributed by atoms with Gasteiger partial charge >= 0.3 is 0 Å². The summed E-state index contributed by atoms with van der Waals surface area (Å²) in [5.74, 6) is -0.423. The van der Waals surface area contributed by atoms with E-state index in [0.29, 0.717) is 24.3 Å². The summed E-state index contributed by atoms with van der Waals surface area (Å²) >= 11 is 6.53. The van der Waals surface area contributed by atoms with Gasteiger partial charge in [0.2, 0.25) is 0 Å². The van der Waals surface area contributed by atoms with Gasteiger partial charge in [0.15, 0.2) is 15.6 Å². The lowest BCUT2D eigenvalue weighted by atomic mass is 10.00. The van der Waals surface area contributed by atoms with Gasteiger partial charge < -0.3 is 4.84 Å². The molecule has 0 bridgehead atoms. The van der Waals surface area contributed by atoms with Gasteiger partial charge in [0, 0.05) is 30.9 Å². The number of aryl methyl sites for hydroxylation is 1. The van der Waals surface area contributed by atoms with Crippen LogP contribution in [0.3, 0.4) is 0 Å². The minimum absolute atomic E-state index is 0.0122. The average molecular weight is 398 g/mol. The molecule has 1 aliphatic rings. The third kappa shape index (κ3) is 2.97. The summed E-state index contributed by atoms with van der Waals surface area (Å²) in [6.45, 7) is 1.60. The number of nitrogens with zero attached hydrogens (tertiary/aromatic N) is 2. The van der Waals surface area contributed by atoms with Crippen molar-refractivity contribution in [3.8, 4) is 11.3 Å². The normalized spacial score (nSPS) is 14.2. The molecule has 0 unspecified atom stereocenters. The second-order valence-corrected chi connectivity index (χ2v) is 8.34. The van der Waals surface area contributed by atoms with Crippen LogP contribution in [0.1, 0.15) is 29.3 Å². The molecule has 0 aliphatic carbocycles. The molecule has 0 fully saturated rings. The van der Waals surface area contributed by atoms with Gasteiger partial charge in [-0.05, 0) is 19.1 Å². The van der Waals surface area contributed by atoms with E-state index in [0.717, 1.165) is 6.26 Å². The first-order valence-electron chi connectivity index (χ1n) is 7.65. The van der Waals surface area contributed by atoms with Crippen molar-refractivity contribution in [3.05, 3.63) is 38.6 Å². The lowest BCUT2D eigenvalue weighted by Crippen LogP contribution is -2.17. The topological polar surface area (TPSA) is 111 Å². The van der Waals surface area contributed by atoms with E-state index in [4.69, 9.17) is 16.4 Å². The minimum Gasteiger partial charge on any atom is -0.395 e. The highest BCUT2D eigenvalue weighted by molar-refractivity contribution is 7.90. The zero-order valence-electron chi connectivity index (χ0n) is 14.3. The molecule has 0 saturated heterocycles. The number of nitrogens with one attached hydrogen (secondary N) is 1. The SMILES string of the molecule is CC(=O)c1c(-c2ccc(S(C)(=O)=O)c(C3=NOCC3)c2Cl)[nH]n(C)c1=O. The molecule has 10 heteroatoms. The second kappa shape index (κ2) is 6.40. The number of oxime groups is 1. The van der Waals surface area contributed by atoms with Gasteiger partial charge in [0.25, 0.3) is 5.56 Å². The Morgan fingerprint density at radius 1 is 1.38 bits per heavy atom. The number of halogens is 1. The number of rotatable bonds is 4. The number of aromatic amines is 1. The molecule has 0 saturated carbocycles. The van der Waals surface area contributed by atoms with E-state index in [-0.39, 0.29) is 26.7 Å².